The fraction of sp³-hybridized carbons (Fsp3) is 0. The van der Waals surface area contributed by atoms with Crippen molar-refractivity contribution in [1.82, 2.24) is 9.97 Å². The number of hydrogen-bond acceptors (Lipinski definition) is 3. The topological polar surface area (TPSA) is 46.0 Å². The van der Waals surface area contributed by atoms with Gasteiger partial charge in [-0.3, -0.25) is 0 Å². The van der Waals surface area contributed by atoms with Crippen LogP contribution in [0.25, 0.3) is 43.7 Å². The summed E-state index contributed by atoms with van der Waals surface area (Å²) in [5.74, 6) is 0. The van der Waals surface area contributed by atoms with Crippen molar-refractivity contribution in [2.45, 2.75) is 0 Å². The Labute approximate surface area is 221 Å². The molecule has 0 saturated carbocycles. The molecule has 5 aromatic carbocycles. The van der Waals surface area contributed by atoms with E-state index in [-0.39, 0.29) is 0 Å². The third-order valence-electron chi connectivity index (χ3n) is 7.20. The maximum absolute atomic E-state index is 12.3. The van der Waals surface area contributed by atoms with Crippen molar-refractivity contribution >= 4 is 56.0 Å². The van der Waals surface area contributed by atoms with Crippen LogP contribution in [0, 0.1) is 0 Å². The summed E-state index contributed by atoms with van der Waals surface area (Å²) in [5.41, 5.74) is 3.44. The van der Waals surface area contributed by atoms with Crippen LogP contribution in [0.3, 0.4) is 0 Å². The number of para-hydroxylation sites is 1. The third kappa shape index (κ3) is 3.60. The Kier molecular flexibility index (Phi) is 5.47. The second kappa shape index (κ2) is 9.15. The van der Waals surface area contributed by atoms with Crippen molar-refractivity contribution < 1.29 is 4.89 Å². The summed E-state index contributed by atoms with van der Waals surface area (Å²) in [7, 11) is -2.89. The van der Waals surface area contributed by atoms with E-state index in [1.54, 1.807) is 0 Å². The zero-order chi connectivity index (χ0) is 25.5. The minimum atomic E-state index is -2.89. The van der Waals surface area contributed by atoms with Crippen molar-refractivity contribution in [2.24, 2.45) is 0 Å². The molecule has 0 aliphatic rings. The molecule has 38 heavy (non-hydrogen) atoms. The highest BCUT2D eigenvalue weighted by Gasteiger charge is 2.45. The summed E-state index contributed by atoms with van der Waals surface area (Å²) in [4.78, 5) is 22.2. The molecule has 0 amide bonds. The molecule has 3 nitrogen and oxygen atoms in total. The van der Waals surface area contributed by atoms with Crippen LogP contribution < -0.4 is 16.0 Å². The second-order valence-corrected chi connectivity index (χ2v) is 12.2. The van der Waals surface area contributed by atoms with Crippen LogP contribution in [0.15, 0.2) is 140 Å². The van der Waals surface area contributed by atoms with Crippen molar-refractivity contribution in [3.05, 3.63) is 140 Å². The lowest BCUT2D eigenvalue weighted by Gasteiger charge is -2.19. The number of nitrogens with zero attached hydrogens (tertiary/aromatic N) is 2. The molecular weight excluding hydrogens is 483 g/mol. The summed E-state index contributed by atoms with van der Waals surface area (Å²) in [6.45, 7) is 0. The van der Waals surface area contributed by atoms with Gasteiger partial charge in [0.25, 0.3) is 7.49 Å². The van der Waals surface area contributed by atoms with Crippen LogP contribution in [0.2, 0.25) is 0 Å². The Balaban J connectivity index is 1.44. The summed E-state index contributed by atoms with van der Waals surface area (Å²) in [6.07, 6.45) is 1.86. The number of pyridine rings is 2. The van der Waals surface area contributed by atoms with E-state index >= 15 is 0 Å². The van der Waals surface area contributed by atoms with Gasteiger partial charge in [-0.2, -0.15) is 0 Å². The maximum Gasteiger partial charge on any atom is 0.257 e. The first-order valence-corrected chi connectivity index (χ1v) is 14.4. The molecular formula is C34H24N2OP+. The molecule has 0 bridgehead atoms. The summed E-state index contributed by atoms with van der Waals surface area (Å²) in [5, 5.41) is 7.61. The van der Waals surface area contributed by atoms with Gasteiger partial charge in [-0.1, -0.05) is 91.0 Å². The predicted molar refractivity (Wildman–Crippen MR) is 161 cm³/mol. The number of rotatable bonds is 4. The van der Waals surface area contributed by atoms with E-state index in [1.165, 1.54) is 16.2 Å². The first-order valence-electron chi connectivity index (χ1n) is 12.6. The van der Waals surface area contributed by atoms with Gasteiger partial charge in [-0.15, -0.1) is 0 Å². The quantitative estimate of drug-likeness (QED) is 0.210. The summed E-state index contributed by atoms with van der Waals surface area (Å²) in [6, 6.07) is 44.9. The Bertz CT molecular complexity index is 1870. The monoisotopic (exact) mass is 507 g/mol. The van der Waals surface area contributed by atoms with E-state index in [2.05, 4.69) is 54.6 Å². The molecule has 0 aliphatic heterocycles. The van der Waals surface area contributed by atoms with Crippen LogP contribution in [0.1, 0.15) is 0 Å². The number of fused-ring (bicyclic) bond motifs is 5. The average Bonchev–Trinajstić information content (AvgIpc) is 3.01. The Hall–Kier alpha value is -4.43. The smallest absolute Gasteiger partial charge is 0.247 e. The van der Waals surface area contributed by atoms with Crippen LogP contribution >= 0.6 is 7.49 Å². The molecule has 0 unspecified atom stereocenters. The highest BCUT2D eigenvalue weighted by molar-refractivity contribution is 7.90. The zero-order valence-corrected chi connectivity index (χ0v) is 21.5. The molecule has 180 valence electrons. The highest BCUT2D eigenvalue weighted by atomic mass is 31.2. The first kappa shape index (κ1) is 22.7. The standard InChI is InChI=1S/C34H24N2OP/c37-38(26-12-3-1-4-13-26,27-14-5-2-6-15-27)32-22-20-25(23-35-32)34-30-21-19-24-11-7-8-16-28(24)33(30)29-17-9-10-18-31(29)36-34/h1-23,37H/q+1. The molecule has 7 rings (SSSR count). The normalized spacial score (nSPS) is 11.8. The molecule has 0 spiro atoms. The van der Waals surface area contributed by atoms with E-state index in [4.69, 9.17) is 9.97 Å². The molecule has 0 fully saturated rings. The molecule has 7 aromatic rings. The van der Waals surface area contributed by atoms with Gasteiger partial charge < -0.3 is 0 Å². The molecule has 2 aromatic heterocycles. The SMILES string of the molecule is O[P+](c1ccccc1)(c1ccccc1)c1ccc(-c2nc3ccccc3c3c2ccc2ccccc23)cn1. The lowest BCUT2D eigenvalue weighted by atomic mass is 9.96. The van der Waals surface area contributed by atoms with Gasteiger partial charge in [-0.05, 0) is 47.2 Å². The highest BCUT2D eigenvalue weighted by Crippen LogP contribution is 2.50. The maximum atomic E-state index is 12.3. The fourth-order valence-electron chi connectivity index (χ4n) is 5.36. The Morgan fingerprint density at radius 3 is 1.84 bits per heavy atom. The van der Waals surface area contributed by atoms with Gasteiger partial charge in [0, 0.05) is 34.0 Å². The number of hydrogen-bond donors (Lipinski definition) is 1. The minimum absolute atomic E-state index is 0.675. The van der Waals surface area contributed by atoms with Gasteiger partial charge in [0.05, 0.1) is 11.2 Å². The number of benzene rings is 5. The van der Waals surface area contributed by atoms with E-state index < -0.39 is 7.49 Å². The van der Waals surface area contributed by atoms with E-state index in [9.17, 15) is 4.89 Å². The molecule has 0 saturated heterocycles. The van der Waals surface area contributed by atoms with Crippen molar-refractivity contribution in [2.75, 3.05) is 0 Å². The average molecular weight is 508 g/mol. The fourth-order valence-corrected chi connectivity index (χ4v) is 7.91. The van der Waals surface area contributed by atoms with Crippen molar-refractivity contribution in [3.8, 4) is 11.3 Å². The van der Waals surface area contributed by atoms with E-state index in [0.29, 0.717) is 5.44 Å². The number of aromatic nitrogens is 2. The van der Waals surface area contributed by atoms with Gasteiger partial charge in [-0.25, -0.2) is 14.9 Å². The van der Waals surface area contributed by atoms with E-state index in [0.717, 1.165) is 38.2 Å². The zero-order valence-electron chi connectivity index (χ0n) is 20.6. The molecule has 0 radical (unpaired) electrons. The third-order valence-corrected chi connectivity index (χ3v) is 10.2. The lowest BCUT2D eigenvalue weighted by Crippen LogP contribution is -2.32. The largest absolute Gasteiger partial charge is 0.257 e. The van der Waals surface area contributed by atoms with Crippen molar-refractivity contribution in [3.63, 3.8) is 0 Å². The van der Waals surface area contributed by atoms with Gasteiger partial charge in [0.15, 0.2) is 0 Å². The molecule has 0 atom stereocenters. The summed E-state index contributed by atoms with van der Waals surface area (Å²) < 4.78 is 0. The predicted octanol–water partition coefficient (Wildman–Crippen LogP) is 6.80. The van der Waals surface area contributed by atoms with Crippen LogP contribution in [-0.2, 0) is 0 Å². The van der Waals surface area contributed by atoms with Crippen molar-refractivity contribution in [1.29, 1.82) is 0 Å². The van der Waals surface area contributed by atoms with E-state index in [1.807, 2.05) is 85.1 Å². The molecule has 4 heteroatoms. The van der Waals surface area contributed by atoms with Crippen LogP contribution in [0.4, 0.5) is 0 Å². The van der Waals surface area contributed by atoms with Gasteiger partial charge in [0.1, 0.15) is 10.6 Å². The summed E-state index contributed by atoms with van der Waals surface area (Å²) >= 11 is 0. The van der Waals surface area contributed by atoms with Crippen LogP contribution in [0.5, 0.6) is 0 Å². The van der Waals surface area contributed by atoms with Crippen LogP contribution in [-0.4, -0.2) is 14.9 Å². The Morgan fingerprint density at radius 2 is 1.16 bits per heavy atom. The second-order valence-electron chi connectivity index (χ2n) is 9.40. The first-order chi connectivity index (χ1) is 18.7. The van der Waals surface area contributed by atoms with Gasteiger partial charge in [0.2, 0.25) is 5.44 Å². The molecule has 0 aliphatic carbocycles. The molecule has 1 N–H and O–H groups in total. The Morgan fingerprint density at radius 1 is 0.526 bits per heavy atom. The molecule has 2 heterocycles. The lowest BCUT2D eigenvalue weighted by molar-refractivity contribution is 0.632. The van der Waals surface area contributed by atoms with Gasteiger partial charge >= 0.3 is 0 Å². The minimum Gasteiger partial charge on any atom is -0.247 e.